The molecule has 0 bridgehead atoms. The van der Waals surface area contributed by atoms with Crippen LogP contribution in [0.1, 0.15) is 6.92 Å². The Labute approximate surface area is 131 Å². The van der Waals surface area contributed by atoms with Crippen molar-refractivity contribution in [1.82, 2.24) is 20.1 Å². The summed E-state index contributed by atoms with van der Waals surface area (Å²) in [6.07, 6.45) is 1.85. The number of thioether (sulfide) groups is 1. The maximum atomic E-state index is 11.9. The number of carbonyl (C=O) groups excluding carboxylic acids is 1. The fraction of sp³-hybridized carbons (Fsp3) is 0.267. The van der Waals surface area contributed by atoms with E-state index in [1.807, 2.05) is 37.4 Å². The van der Waals surface area contributed by atoms with Crippen molar-refractivity contribution in [2.24, 2.45) is 0 Å². The van der Waals surface area contributed by atoms with Gasteiger partial charge in [-0.15, -0.1) is 10.2 Å². The molecule has 1 aromatic carbocycles. The molecule has 1 amide bonds. The Hall–Kier alpha value is -2.28. The lowest BCUT2D eigenvalue weighted by Gasteiger charge is -2.14. The normalized spacial score (nSPS) is 12.5. The van der Waals surface area contributed by atoms with E-state index in [9.17, 15) is 4.79 Å². The molecule has 2 heterocycles. The molecule has 22 heavy (non-hydrogen) atoms. The maximum absolute atomic E-state index is 11.9. The minimum atomic E-state index is -0.272. The van der Waals surface area contributed by atoms with E-state index in [0.717, 1.165) is 16.5 Å². The number of rotatable bonds is 4. The van der Waals surface area contributed by atoms with Crippen LogP contribution in [0.5, 0.6) is 0 Å². The smallest absolute Gasteiger partial charge is 0.277 e. The number of nitrogens with one attached hydrogen (secondary N) is 1. The Morgan fingerprint density at radius 1 is 1.32 bits per heavy atom. The second kappa shape index (κ2) is 5.84. The Morgan fingerprint density at radius 3 is 2.86 bits per heavy atom. The molecule has 1 atom stereocenters. The molecule has 0 radical (unpaired) electrons. The van der Waals surface area contributed by atoms with Crippen molar-refractivity contribution in [3.8, 4) is 11.5 Å². The summed E-state index contributed by atoms with van der Waals surface area (Å²) in [6, 6.07) is 7.91. The molecule has 3 rings (SSSR count). The molecule has 6 nitrogen and oxygen atoms in total. The zero-order valence-corrected chi connectivity index (χ0v) is 13.3. The van der Waals surface area contributed by atoms with E-state index in [-0.39, 0.29) is 11.2 Å². The van der Waals surface area contributed by atoms with Crippen molar-refractivity contribution in [2.45, 2.75) is 17.4 Å². The van der Waals surface area contributed by atoms with Crippen LogP contribution in [0.25, 0.3) is 22.4 Å². The van der Waals surface area contributed by atoms with Crippen molar-refractivity contribution in [2.75, 3.05) is 14.1 Å². The number of aromatic amines is 1. The van der Waals surface area contributed by atoms with Gasteiger partial charge in [-0.05, 0) is 13.0 Å². The topological polar surface area (TPSA) is 75.0 Å². The van der Waals surface area contributed by atoms with E-state index in [4.69, 9.17) is 4.42 Å². The third kappa shape index (κ3) is 2.71. The van der Waals surface area contributed by atoms with E-state index < -0.39 is 0 Å². The number of nitrogens with zero attached hydrogens (tertiary/aromatic N) is 3. The van der Waals surface area contributed by atoms with Crippen LogP contribution in [0.3, 0.4) is 0 Å². The molecular weight excluding hydrogens is 300 g/mol. The standard InChI is InChI=1S/C15H16N4O2S/c1-9(14(20)19(2)3)22-15-18-17-13(21-15)11-8-16-12-7-5-4-6-10(11)12/h4-9,16H,1-3H3/t9-/m1/s1. The highest BCUT2D eigenvalue weighted by atomic mass is 32.2. The predicted molar refractivity (Wildman–Crippen MR) is 85.6 cm³/mol. The van der Waals surface area contributed by atoms with Crippen molar-refractivity contribution >= 4 is 28.6 Å². The van der Waals surface area contributed by atoms with Crippen LogP contribution in [0.15, 0.2) is 40.1 Å². The quantitative estimate of drug-likeness (QED) is 0.749. The molecule has 0 unspecified atom stereocenters. The Bertz CT molecular complexity index is 809. The summed E-state index contributed by atoms with van der Waals surface area (Å²) in [5, 5.41) is 9.25. The summed E-state index contributed by atoms with van der Waals surface area (Å²) in [6.45, 7) is 1.82. The number of hydrogen-bond acceptors (Lipinski definition) is 5. The highest BCUT2D eigenvalue weighted by Crippen LogP contribution is 2.30. The number of fused-ring (bicyclic) bond motifs is 1. The van der Waals surface area contributed by atoms with Gasteiger partial charge in [0.05, 0.1) is 10.8 Å². The van der Waals surface area contributed by atoms with Crippen molar-refractivity contribution in [3.63, 3.8) is 0 Å². The highest BCUT2D eigenvalue weighted by molar-refractivity contribution is 8.00. The molecular formula is C15H16N4O2S. The number of benzene rings is 1. The zero-order chi connectivity index (χ0) is 15.7. The number of carbonyl (C=O) groups is 1. The van der Waals surface area contributed by atoms with E-state index >= 15 is 0 Å². The Morgan fingerprint density at radius 2 is 2.09 bits per heavy atom. The van der Waals surface area contributed by atoms with Crippen LogP contribution in [0.2, 0.25) is 0 Å². The third-order valence-corrected chi connectivity index (χ3v) is 4.21. The van der Waals surface area contributed by atoms with Crippen molar-refractivity contribution in [3.05, 3.63) is 30.5 Å². The molecule has 0 saturated carbocycles. The third-order valence-electron chi connectivity index (χ3n) is 3.29. The lowest BCUT2D eigenvalue weighted by molar-refractivity contribution is -0.127. The van der Waals surface area contributed by atoms with Gasteiger partial charge in [-0.2, -0.15) is 0 Å². The number of H-pyrrole nitrogens is 1. The summed E-state index contributed by atoms with van der Waals surface area (Å²) in [5.74, 6) is 0.460. The van der Waals surface area contributed by atoms with Crippen LogP contribution in [0, 0.1) is 0 Å². The first kappa shape index (κ1) is 14.6. The molecule has 0 fully saturated rings. The molecule has 0 aliphatic rings. The molecule has 0 aliphatic heterocycles. The minimum absolute atomic E-state index is 0.0110. The molecule has 2 aromatic heterocycles. The second-order valence-electron chi connectivity index (χ2n) is 5.11. The van der Waals surface area contributed by atoms with Gasteiger partial charge in [0, 0.05) is 31.2 Å². The minimum Gasteiger partial charge on any atom is -0.411 e. The van der Waals surface area contributed by atoms with Crippen molar-refractivity contribution < 1.29 is 9.21 Å². The van der Waals surface area contributed by atoms with Gasteiger partial charge in [-0.25, -0.2) is 0 Å². The average molecular weight is 316 g/mol. The second-order valence-corrected chi connectivity index (χ2v) is 6.41. The SMILES string of the molecule is C[C@@H](Sc1nnc(-c2c[nH]c3ccccc23)o1)C(=O)N(C)C. The van der Waals surface area contributed by atoms with Crippen molar-refractivity contribution in [1.29, 1.82) is 0 Å². The van der Waals surface area contributed by atoms with Crippen LogP contribution >= 0.6 is 11.8 Å². The summed E-state index contributed by atoms with van der Waals surface area (Å²) in [5.41, 5.74) is 1.88. The highest BCUT2D eigenvalue weighted by Gasteiger charge is 2.20. The monoisotopic (exact) mass is 316 g/mol. The van der Waals surface area contributed by atoms with Gasteiger partial charge in [0.25, 0.3) is 11.1 Å². The largest absolute Gasteiger partial charge is 0.411 e. The van der Waals surface area contributed by atoms with Gasteiger partial charge in [0.2, 0.25) is 5.91 Å². The van der Waals surface area contributed by atoms with Crippen LogP contribution < -0.4 is 0 Å². The number of hydrogen-bond donors (Lipinski definition) is 1. The van der Waals surface area contributed by atoms with E-state index in [1.165, 1.54) is 11.8 Å². The van der Waals surface area contributed by atoms with Gasteiger partial charge in [0.15, 0.2) is 0 Å². The molecule has 0 saturated heterocycles. The van der Waals surface area contributed by atoms with Crippen LogP contribution in [0.4, 0.5) is 0 Å². The van der Waals surface area contributed by atoms with E-state index in [1.54, 1.807) is 19.0 Å². The van der Waals surface area contributed by atoms with Gasteiger partial charge in [-0.1, -0.05) is 30.0 Å². The van der Waals surface area contributed by atoms with Crippen LogP contribution in [-0.2, 0) is 4.79 Å². The van der Waals surface area contributed by atoms with Gasteiger partial charge >= 0.3 is 0 Å². The summed E-state index contributed by atoms with van der Waals surface area (Å²) >= 11 is 1.26. The summed E-state index contributed by atoms with van der Waals surface area (Å²) in [7, 11) is 3.45. The van der Waals surface area contributed by atoms with E-state index in [2.05, 4.69) is 15.2 Å². The number of para-hydroxylation sites is 1. The molecule has 3 aromatic rings. The zero-order valence-electron chi connectivity index (χ0n) is 12.5. The molecule has 0 aliphatic carbocycles. The lowest BCUT2D eigenvalue weighted by Crippen LogP contribution is -2.29. The summed E-state index contributed by atoms with van der Waals surface area (Å²) < 4.78 is 5.69. The summed E-state index contributed by atoms with van der Waals surface area (Å²) in [4.78, 5) is 16.6. The van der Waals surface area contributed by atoms with Crippen LogP contribution in [-0.4, -0.2) is 45.3 Å². The first-order chi connectivity index (χ1) is 10.6. The predicted octanol–water partition coefficient (Wildman–Crippen LogP) is 2.79. The Balaban J connectivity index is 1.83. The fourth-order valence-corrected chi connectivity index (χ4v) is 3.01. The molecule has 7 heteroatoms. The Kier molecular flexibility index (Phi) is 3.89. The van der Waals surface area contributed by atoms with Gasteiger partial charge < -0.3 is 14.3 Å². The van der Waals surface area contributed by atoms with Gasteiger partial charge in [-0.3, -0.25) is 4.79 Å². The van der Waals surface area contributed by atoms with E-state index in [0.29, 0.717) is 11.1 Å². The first-order valence-electron chi connectivity index (χ1n) is 6.84. The average Bonchev–Trinajstić information content (AvgIpc) is 3.12. The lowest BCUT2D eigenvalue weighted by atomic mass is 10.2. The fourth-order valence-electron chi connectivity index (χ4n) is 2.18. The first-order valence-corrected chi connectivity index (χ1v) is 7.72. The molecule has 1 N–H and O–H groups in total. The molecule has 114 valence electrons. The number of amides is 1. The number of aromatic nitrogens is 3. The van der Waals surface area contributed by atoms with Gasteiger partial charge in [0.1, 0.15) is 0 Å². The maximum Gasteiger partial charge on any atom is 0.277 e. The molecule has 0 spiro atoms.